The van der Waals surface area contributed by atoms with Crippen LogP contribution in [0.1, 0.15) is 19.3 Å². The molecule has 0 aliphatic carbocycles. The maximum atomic E-state index is 11.9. The molecule has 0 N–H and O–H groups in total. The molecule has 1 aromatic rings. The van der Waals surface area contributed by atoms with Gasteiger partial charge >= 0.3 is 6.03 Å². The molecule has 0 atom stereocenters. The molecule has 1 aromatic heterocycles. The van der Waals surface area contributed by atoms with E-state index in [0.717, 1.165) is 25.8 Å². The average molecular weight is 222 g/mol. The van der Waals surface area contributed by atoms with Crippen molar-refractivity contribution in [2.75, 3.05) is 13.6 Å². The molecule has 0 aliphatic heterocycles. The van der Waals surface area contributed by atoms with E-state index in [-0.39, 0.29) is 6.03 Å². The summed E-state index contributed by atoms with van der Waals surface area (Å²) < 4.78 is 3.44. The highest BCUT2D eigenvalue weighted by molar-refractivity contribution is 5.76. The van der Waals surface area contributed by atoms with Gasteiger partial charge in [-0.1, -0.05) is 6.08 Å². The molecule has 88 valence electrons. The molecule has 0 spiro atoms. The lowest BCUT2D eigenvalue weighted by atomic mass is 10.2. The first-order valence-electron chi connectivity index (χ1n) is 5.54. The number of hydrogen-bond acceptors (Lipinski definition) is 1. The number of aromatic nitrogens is 2. The Kier molecular flexibility index (Phi) is 4.76. The largest absolute Gasteiger partial charge is 0.415 e. The minimum absolute atomic E-state index is 0.0132. The second-order valence-corrected chi connectivity index (χ2v) is 3.97. The molecule has 0 aromatic carbocycles. The molecule has 4 heteroatoms. The van der Waals surface area contributed by atoms with E-state index in [2.05, 4.69) is 6.58 Å². The van der Waals surface area contributed by atoms with Gasteiger partial charge in [-0.15, -0.1) is 6.58 Å². The van der Waals surface area contributed by atoms with Crippen LogP contribution in [0.5, 0.6) is 0 Å². The summed E-state index contributed by atoms with van der Waals surface area (Å²) in [5.41, 5.74) is 0. The van der Waals surface area contributed by atoms with Gasteiger partial charge in [0.15, 0.2) is 0 Å². The SMILES string of the molecule is C=CCCCCN(C)C(=O)n1cc[n+](C)c1. The number of rotatable bonds is 5. The van der Waals surface area contributed by atoms with Gasteiger partial charge < -0.3 is 4.90 Å². The van der Waals surface area contributed by atoms with Crippen molar-refractivity contribution in [2.45, 2.75) is 19.3 Å². The Morgan fingerprint density at radius 3 is 2.88 bits per heavy atom. The van der Waals surface area contributed by atoms with Gasteiger partial charge in [-0.05, 0) is 19.3 Å². The molecule has 0 saturated heterocycles. The lowest BCUT2D eigenvalue weighted by Gasteiger charge is -2.13. The fraction of sp³-hybridized carbons (Fsp3) is 0.500. The van der Waals surface area contributed by atoms with E-state index in [1.165, 1.54) is 0 Å². The molecule has 1 heterocycles. The van der Waals surface area contributed by atoms with Crippen LogP contribution in [-0.4, -0.2) is 29.1 Å². The van der Waals surface area contributed by atoms with Crippen molar-refractivity contribution in [3.05, 3.63) is 31.4 Å². The Balaban J connectivity index is 2.39. The normalized spacial score (nSPS) is 10.1. The van der Waals surface area contributed by atoms with Crippen molar-refractivity contribution in [1.82, 2.24) is 9.47 Å². The zero-order valence-corrected chi connectivity index (χ0v) is 10.1. The van der Waals surface area contributed by atoms with Crippen molar-refractivity contribution in [3.63, 3.8) is 0 Å². The summed E-state index contributed by atoms with van der Waals surface area (Å²) in [6.45, 7) is 4.46. The van der Waals surface area contributed by atoms with Crippen LogP contribution in [0, 0.1) is 0 Å². The molecule has 0 radical (unpaired) electrons. The number of carbonyl (C=O) groups is 1. The highest BCUT2D eigenvalue weighted by Gasteiger charge is 2.15. The Morgan fingerprint density at radius 2 is 2.31 bits per heavy atom. The maximum absolute atomic E-state index is 11.9. The smallest absolute Gasteiger partial charge is 0.307 e. The Bertz CT molecular complexity index is 357. The van der Waals surface area contributed by atoms with Crippen LogP contribution in [0.4, 0.5) is 4.79 Å². The third-order valence-corrected chi connectivity index (χ3v) is 2.47. The number of unbranched alkanes of at least 4 members (excludes halogenated alkanes) is 2. The third-order valence-electron chi connectivity index (χ3n) is 2.47. The number of carbonyl (C=O) groups excluding carboxylic acids is 1. The van der Waals surface area contributed by atoms with Crippen molar-refractivity contribution >= 4 is 6.03 Å². The predicted octanol–water partition coefficient (Wildman–Crippen LogP) is 1.57. The van der Waals surface area contributed by atoms with Crippen molar-refractivity contribution in [3.8, 4) is 0 Å². The molecule has 1 amide bonds. The lowest BCUT2D eigenvalue weighted by molar-refractivity contribution is -0.670. The van der Waals surface area contributed by atoms with Crippen LogP contribution >= 0.6 is 0 Å². The van der Waals surface area contributed by atoms with Crippen molar-refractivity contribution in [1.29, 1.82) is 0 Å². The van der Waals surface area contributed by atoms with Gasteiger partial charge in [0.25, 0.3) is 6.33 Å². The molecule has 0 aliphatic rings. The summed E-state index contributed by atoms with van der Waals surface area (Å²) in [7, 11) is 3.73. The highest BCUT2D eigenvalue weighted by atomic mass is 16.2. The van der Waals surface area contributed by atoms with Gasteiger partial charge in [0, 0.05) is 13.6 Å². The number of aryl methyl sites for hydroxylation is 1. The quantitative estimate of drug-likeness (QED) is 0.422. The summed E-state index contributed by atoms with van der Waals surface area (Å²) in [4.78, 5) is 13.6. The molecule has 16 heavy (non-hydrogen) atoms. The maximum Gasteiger partial charge on any atom is 0.415 e. The van der Waals surface area contributed by atoms with Crippen LogP contribution in [0.25, 0.3) is 0 Å². The van der Waals surface area contributed by atoms with E-state index in [0.29, 0.717) is 0 Å². The van der Waals surface area contributed by atoms with Gasteiger partial charge in [0.1, 0.15) is 12.4 Å². The summed E-state index contributed by atoms with van der Waals surface area (Å²) in [6, 6.07) is 0.0132. The first-order valence-corrected chi connectivity index (χ1v) is 5.54. The summed E-state index contributed by atoms with van der Waals surface area (Å²) in [5.74, 6) is 0. The van der Waals surface area contributed by atoms with Crippen LogP contribution in [-0.2, 0) is 7.05 Å². The fourth-order valence-corrected chi connectivity index (χ4v) is 1.49. The fourth-order valence-electron chi connectivity index (χ4n) is 1.49. The lowest BCUT2D eigenvalue weighted by Crippen LogP contribution is -2.33. The molecule has 0 bridgehead atoms. The molecule has 0 saturated carbocycles. The minimum atomic E-state index is 0.0132. The topological polar surface area (TPSA) is 29.1 Å². The second-order valence-electron chi connectivity index (χ2n) is 3.97. The van der Waals surface area contributed by atoms with E-state index in [4.69, 9.17) is 0 Å². The number of nitrogens with zero attached hydrogens (tertiary/aromatic N) is 3. The minimum Gasteiger partial charge on any atom is -0.307 e. The number of imidazole rings is 1. The standard InChI is InChI=1S/C12H20N3O/c1-4-5-6-7-8-14(3)12(16)15-10-9-13(2)11-15/h4,9-11H,1,5-8H2,2-3H3/q+1. The monoisotopic (exact) mass is 222 g/mol. The van der Waals surface area contributed by atoms with E-state index < -0.39 is 0 Å². The zero-order valence-electron chi connectivity index (χ0n) is 10.1. The molecule has 1 rings (SSSR count). The average Bonchev–Trinajstić information content (AvgIpc) is 2.70. The van der Waals surface area contributed by atoms with Crippen molar-refractivity contribution < 1.29 is 9.36 Å². The molecule has 4 nitrogen and oxygen atoms in total. The molecular formula is C12H20N3O+. The van der Waals surface area contributed by atoms with Gasteiger partial charge in [-0.25, -0.2) is 9.36 Å². The molecule has 0 unspecified atom stereocenters. The van der Waals surface area contributed by atoms with Crippen LogP contribution < -0.4 is 4.57 Å². The first kappa shape index (κ1) is 12.5. The Labute approximate surface area is 96.8 Å². The van der Waals surface area contributed by atoms with Crippen LogP contribution in [0.2, 0.25) is 0 Å². The van der Waals surface area contributed by atoms with Gasteiger partial charge in [0.2, 0.25) is 0 Å². The summed E-state index contributed by atoms with van der Waals surface area (Å²) in [5, 5.41) is 0. The van der Waals surface area contributed by atoms with Gasteiger partial charge in [-0.2, -0.15) is 4.57 Å². The zero-order chi connectivity index (χ0) is 12.0. The molecular weight excluding hydrogens is 202 g/mol. The van der Waals surface area contributed by atoms with E-state index in [9.17, 15) is 4.79 Å². The predicted molar refractivity (Wildman–Crippen MR) is 63.1 cm³/mol. The molecule has 0 fully saturated rings. The van der Waals surface area contributed by atoms with E-state index >= 15 is 0 Å². The third kappa shape index (κ3) is 3.53. The first-order chi connectivity index (χ1) is 7.65. The summed E-state index contributed by atoms with van der Waals surface area (Å²) in [6.07, 6.45) is 10.4. The Hall–Kier alpha value is -1.58. The number of hydrogen-bond donors (Lipinski definition) is 0. The van der Waals surface area contributed by atoms with Gasteiger partial charge in [-0.3, -0.25) is 0 Å². The van der Waals surface area contributed by atoms with E-state index in [1.54, 1.807) is 22.0 Å². The highest BCUT2D eigenvalue weighted by Crippen LogP contribution is 1.99. The van der Waals surface area contributed by atoms with Gasteiger partial charge in [0.05, 0.1) is 7.05 Å². The van der Waals surface area contributed by atoms with Crippen LogP contribution in [0.3, 0.4) is 0 Å². The number of allylic oxidation sites excluding steroid dienone is 1. The van der Waals surface area contributed by atoms with Crippen LogP contribution in [0.15, 0.2) is 31.4 Å². The number of amides is 1. The van der Waals surface area contributed by atoms with Crippen molar-refractivity contribution in [2.24, 2.45) is 7.05 Å². The second kappa shape index (κ2) is 6.10. The Morgan fingerprint density at radius 1 is 1.56 bits per heavy atom. The van der Waals surface area contributed by atoms with E-state index in [1.807, 2.05) is 30.9 Å². The summed E-state index contributed by atoms with van der Waals surface area (Å²) >= 11 is 0.